The van der Waals surface area contributed by atoms with Crippen LogP contribution in [0.2, 0.25) is 5.02 Å². The number of benzene rings is 2. The molecule has 3 heterocycles. The average molecular weight is 477 g/mol. The molecule has 5 rings (SSSR count). The molecule has 5 aromatic rings. The lowest BCUT2D eigenvalue weighted by atomic mass is 10.1. The second-order valence-corrected chi connectivity index (χ2v) is 8.16. The van der Waals surface area contributed by atoms with Gasteiger partial charge in [-0.15, -0.1) is 0 Å². The minimum Gasteiger partial charge on any atom is -0.494 e. The molecule has 9 heteroatoms. The Balaban J connectivity index is 1.63. The summed E-state index contributed by atoms with van der Waals surface area (Å²) >= 11 is 5.95. The van der Waals surface area contributed by atoms with Crippen LogP contribution in [0.3, 0.4) is 0 Å². The van der Waals surface area contributed by atoms with E-state index in [1.165, 1.54) is 13.2 Å². The van der Waals surface area contributed by atoms with Crippen molar-refractivity contribution in [2.75, 3.05) is 7.11 Å². The molecule has 2 aromatic carbocycles. The molecule has 0 aliphatic carbocycles. The average Bonchev–Trinajstić information content (AvgIpc) is 3.31. The first-order valence-corrected chi connectivity index (χ1v) is 10.7. The Morgan fingerprint density at radius 2 is 1.88 bits per heavy atom. The van der Waals surface area contributed by atoms with E-state index in [4.69, 9.17) is 20.9 Å². The standard InChI is InChI=1S/C25H18ClFN4O3/c1-14-3-9-18-22(32)19(25-29-23(30-34-25)16-5-7-17(26)8-6-16)13-31(24(18)28-14)12-15-4-10-21(33-2)20(27)11-15/h3-11,13H,12H2,1-2H3. The normalized spacial score (nSPS) is 11.2. The van der Waals surface area contributed by atoms with Gasteiger partial charge in [-0.1, -0.05) is 22.8 Å². The van der Waals surface area contributed by atoms with Crippen LogP contribution in [0.1, 0.15) is 11.3 Å². The molecule has 0 N–H and O–H groups in total. The summed E-state index contributed by atoms with van der Waals surface area (Å²) in [6.07, 6.45) is 1.61. The van der Waals surface area contributed by atoms with E-state index in [1.807, 2.05) is 6.92 Å². The van der Waals surface area contributed by atoms with Crippen molar-refractivity contribution in [1.29, 1.82) is 0 Å². The van der Waals surface area contributed by atoms with Crippen molar-refractivity contribution < 1.29 is 13.7 Å². The first-order chi connectivity index (χ1) is 16.4. The minimum absolute atomic E-state index is 0.0760. The highest BCUT2D eigenvalue weighted by molar-refractivity contribution is 6.30. The number of pyridine rings is 2. The van der Waals surface area contributed by atoms with Gasteiger partial charge < -0.3 is 13.8 Å². The number of hydrogen-bond donors (Lipinski definition) is 0. The fourth-order valence-electron chi connectivity index (χ4n) is 3.69. The minimum atomic E-state index is -0.473. The summed E-state index contributed by atoms with van der Waals surface area (Å²) in [5.74, 6) is 0.0899. The number of fused-ring (bicyclic) bond motifs is 1. The third kappa shape index (κ3) is 4.04. The van der Waals surface area contributed by atoms with Gasteiger partial charge in [-0.25, -0.2) is 9.37 Å². The number of aryl methyl sites for hydroxylation is 1. The van der Waals surface area contributed by atoms with E-state index in [1.54, 1.807) is 59.3 Å². The summed E-state index contributed by atoms with van der Waals surface area (Å²) in [6, 6.07) is 15.2. The van der Waals surface area contributed by atoms with Crippen LogP contribution in [0.4, 0.5) is 4.39 Å². The molecule has 34 heavy (non-hydrogen) atoms. The first-order valence-electron chi connectivity index (χ1n) is 10.4. The fraction of sp³-hybridized carbons (Fsp3) is 0.120. The van der Waals surface area contributed by atoms with Crippen LogP contribution in [0, 0.1) is 12.7 Å². The van der Waals surface area contributed by atoms with Crippen LogP contribution in [-0.4, -0.2) is 26.8 Å². The van der Waals surface area contributed by atoms with Crippen molar-refractivity contribution >= 4 is 22.6 Å². The number of nitrogens with zero attached hydrogens (tertiary/aromatic N) is 4. The molecule has 7 nitrogen and oxygen atoms in total. The number of aromatic nitrogens is 4. The van der Waals surface area contributed by atoms with Gasteiger partial charge in [0, 0.05) is 29.0 Å². The maximum Gasteiger partial charge on any atom is 0.263 e. The number of halogens is 2. The van der Waals surface area contributed by atoms with E-state index >= 15 is 0 Å². The lowest BCUT2D eigenvalue weighted by Gasteiger charge is -2.13. The van der Waals surface area contributed by atoms with Gasteiger partial charge >= 0.3 is 0 Å². The summed E-state index contributed by atoms with van der Waals surface area (Å²) in [7, 11) is 1.41. The number of hydrogen-bond acceptors (Lipinski definition) is 6. The van der Waals surface area contributed by atoms with Crippen molar-refractivity contribution in [3.8, 4) is 28.6 Å². The van der Waals surface area contributed by atoms with Gasteiger partial charge in [0.15, 0.2) is 11.6 Å². The molecule has 0 aliphatic rings. The van der Waals surface area contributed by atoms with Gasteiger partial charge in [-0.3, -0.25) is 4.79 Å². The Morgan fingerprint density at radius 3 is 2.62 bits per heavy atom. The Morgan fingerprint density at radius 1 is 1.09 bits per heavy atom. The molecule has 170 valence electrons. The van der Waals surface area contributed by atoms with Crippen molar-refractivity contribution in [3.05, 3.63) is 93.1 Å². The molecule has 0 unspecified atom stereocenters. The first kappa shape index (κ1) is 21.8. The highest BCUT2D eigenvalue weighted by atomic mass is 35.5. The second kappa shape index (κ2) is 8.72. The Hall–Kier alpha value is -4.04. The highest BCUT2D eigenvalue weighted by Crippen LogP contribution is 2.25. The third-order valence-corrected chi connectivity index (χ3v) is 5.64. The molecule has 0 radical (unpaired) electrons. The van der Waals surface area contributed by atoms with Crippen LogP contribution in [0.25, 0.3) is 33.9 Å². The SMILES string of the molecule is COc1ccc(Cn2cc(-c3nc(-c4ccc(Cl)cc4)no3)c(=O)c3ccc(C)nc32)cc1F. The van der Waals surface area contributed by atoms with E-state index in [-0.39, 0.29) is 29.2 Å². The summed E-state index contributed by atoms with van der Waals surface area (Å²) < 4.78 is 26.5. The van der Waals surface area contributed by atoms with E-state index in [9.17, 15) is 9.18 Å². The zero-order valence-corrected chi connectivity index (χ0v) is 19.0. The topological polar surface area (TPSA) is 83.0 Å². The van der Waals surface area contributed by atoms with E-state index in [2.05, 4.69) is 15.1 Å². The molecule has 0 spiro atoms. The molecular weight excluding hydrogens is 459 g/mol. The molecule has 0 amide bonds. The molecular formula is C25H18ClFN4O3. The smallest absolute Gasteiger partial charge is 0.263 e. The molecule has 0 saturated carbocycles. The van der Waals surface area contributed by atoms with Gasteiger partial charge in [0.1, 0.15) is 11.2 Å². The van der Waals surface area contributed by atoms with Crippen LogP contribution < -0.4 is 10.2 Å². The van der Waals surface area contributed by atoms with Gasteiger partial charge in [-0.05, 0) is 61.0 Å². The molecule has 0 aliphatic heterocycles. The largest absolute Gasteiger partial charge is 0.494 e. The maximum absolute atomic E-state index is 14.3. The lowest BCUT2D eigenvalue weighted by Crippen LogP contribution is -2.14. The Labute approximate surface area is 198 Å². The summed E-state index contributed by atoms with van der Waals surface area (Å²) in [5, 5.41) is 4.99. The quantitative estimate of drug-likeness (QED) is 0.343. The van der Waals surface area contributed by atoms with Gasteiger partial charge in [0.05, 0.1) is 12.5 Å². The number of rotatable bonds is 5. The van der Waals surface area contributed by atoms with Crippen molar-refractivity contribution in [3.63, 3.8) is 0 Å². The third-order valence-electron chi connectivity index (χ3n) is 5.39. The zero-order valence-electron chi connectivity index (χ0n) is 18.3. The summed E-state index contributed by atoms with van der Waals surface area (Å²) in [6.45, 7) is 2.10. The molecule has 0 atom stereocenters. The molecule has 3 aromatic heterocycles. The summed E-state index contributed by atoms with van der Waals surface area (Å²) in [4.78, 5) is 22.3. The monoisotopic (exact) mass is 476 g/mol. The maximum atomic E-state index is 14.3. The van der Waals surface area contributed by atoms with Gasteiger partial charge in [0.2, 0.25) is 11.3 Å². The number of ether oxygens (including phenoxy) is 1. The predicted octanol–water partition coefficient (Wildman–Crippen LogP) is 5.27. The molecule has 0 fully saturated rings. The van der Waals surface area contributed by atoms with Crippen LogP contribution in [-0.2, 0) is 6.54 Å². The van der Waals surface area contributed by atoms with E-state index in [0.29, 0.717) is 33.0 Å². The zero-order chi connectivity index (χ0) is 23.8. The van der Waals surface area contributed by atoms with Crippen molar-refractivity contribution in [2.45, 2.75) is 13.5 Å². The van der Waals surface area contributed by atoms with Crippen molar-refractivity contribution in [1.82, 2.24) is 19.7 Å². The van der Waals surface area contributed by atoms with Gasteiger partial charge in [0.25, 0.3) is 5.89 Å². The van der Waals surface area contributed by atoms with Crippen molar-refractivity contribution in [2.24, 2.45) is 0 Å². The molecule has 0 bridgehead atoms. The molecule has 0 saturated heterocycles. The second-order valence-electron chi connectivity index (χ2n) is 7.72. The van der Waals surface area contributed by atoms with Crippen LogP contribution in [0.15, 0.2) is 70.1 Å². The lowest BCUT2D eigenvalue weighted by molar-refractivity contribution is 0.386. The van der Waals surface area contributed by atoms with Crippen LogP contribution >= 0.6 is 11.6 Å². The predicted molar refractivity (Wildman–Crippen MR) is 127 cm³/mol. The van der Waals surface area contributed by atoms with Gasteiger partial charge in [-0.2, -0.15) is 4.98 Å². The fourth-order valence-corrected chi connectivity index (χ4v) is 3.81. The van der Waals surface area contributed by atoms with E-state index < -0.39 is 5.82 Å². The van der Waals surface area contributed by atoms with E-state index in [0.717, 1.165) is 5.69 Å². The summed E-state index contributed by atoms with van der Waals surface area (Å²) in [5.41, 5.74) is 2.53. The Bertz CT molecular complexity index is 1580. The highest BCUT2D eigenvalue weighted by Gasteiger charge is 2.18. The Kier molecular flexibility index (Phi) is 5.59. The van der Waals surface area contributed by atoms with Crippen LogP contribution in [0.5, 0.6) is 5.75 Å². The number of methoxy groups -OCH3 is 1.